The zero-order valence-electron chi connectivity index (χ0n) is 15.6. The molecule has 1 aliphatic rings. The van der Waals surface area contributed by atoms with E-state index in [2.05, 4.69) is 36.3 Å². The number of hydrogen-bond acceptors (Lipinski definition) is 2. The number of rotatable bonds is 7. The van der Waals surface area contributed by atoms with Crippen molar-refractivity contribution in [1.29, 1.82) is 0 Å². The SMILES string of the molecule is CCC(C)c1ccc(NC(N)=NCCCN2CCCCCC2=O)cc1. The molecule has 1 aliphatic heterocycles. The lowest BCUT2D eigenvalue weighted by Gasteiger charge is -2.19. The second kappa shape index (κ2) is 10.1. The molecule has 0 aliphatic carbocycles. The molecule has 0 bridgehead atoms. The summed E-state index contributed by atoms with van der Waals surface area (Å²) in [6.45, 7) is 6.72. The van der Waals surface area contributed by atoms with Crippen LogP contribution in [-0.4, -0.2) is 36.4 Å². The van der Waals surface area contributed by atoms with E-state index < -0.39 is 0 Å². The number of guanidine groups is 1. The zero-order chi connectivity index (χ0) is 18.1. The van der Waals surface area contributed by atoms with Gasteiger partial charge in [-0.1, -0.05) is 32.4 Å². The van der Waals surface area contributed by atoms with Gasteiger partial charge in [0, 0.05) is 31.7 Å². The van der Waals surface area contributed by atoms with Crippen molar-refractivity contribution in [3.8, 4) is 0 Å². The van der Waals surface area contributed by atoms with Crippen LogP contribution in [0.1, 0.15) is 63.9 Å². The Hall–Kier alpha value is -2.04. The molecule has 0 saturated carbocycles. The number of hydrogen-bond donors (Lipinski definition) is 2. The van der Waals surface area contributed by atoms with Crippen LogP contribution >= 0.6 is 0 Å². The predicted octanol–water partition coefficient (Wildman–Crippen LogP) is 3.72. The quantitative estimate of drug-likeness (QED) is 0.450. The smallest absolute Gasteiger partial charge is 0.222 e. The molecule has 1 fully saturated rings. The van der Waals surface area contributed by atoms with Gasteiger partial charge in [0.25, 0.3) is 0 Å². The lowest BCUT2D eigenvalue weighted by Crippen LogP contribution is -2.31. The van der Waals surface area contributed by atoms with Crippen LogP contribution in [0.4, 0.5) is 5.69 Å². The first-order valence-corrected chi connectivity index (χ1v) is 9.54. The topological polar surface area (TPSA) is 70.7 Å². The van der Waals surface area contributed by atoms with Crippen LogP contribution in [0.15, 0.2) is 29.3 Å². The Balaban J connectivity index is 1.74. The first-order valence-electron chi connectivity index (χ1n) is 9.54. The molecule has 0 radical (unpaired) electrons. The van der Waals surface area contributed by atoms with Crippen LogP contribution in [0, 0.1) is 0 Å². The number of nitrogens with two attached hydrogens (primary N) is 1. The van der Waals surface area contributed by atoms with Crippen LogP contribution in [0.5, 0.6) is 0 Å². The lowest BCUT2D eigenvalue weighted by molar-refractivity contribution is -0.130. The molecule has 5 nitrogen and oxygen atoms in total. The number of carbonyl (C=O) groups excluding carboxylic acids is 1. The summed E-state index contributed by atoms with van der Waals surface area (Å²) in [5.74, 6) is 1.29. The average Bonchev–Trinajstić information content (AvgIpc) is 2.83. The minimum Gasteiger partial charge on any atom is -0.370 e. The van der Waals surface area contributed by atoms with Gasteiger partial charge >= 0.3 is 0 Å². The lowest BCUT2D eigenvalue weighted by atomic mass is 9.99. The summed E-state index contributed by atoms with van der Waals surface area (Å²) < 4.78 is 0. The zero-order valence-corrected chi connectivity index (χ0v) is 15.6. The van der Waals surface area contributed by atoms with Crippen molar-refractivity contribution in [1.82, 2.24) is 4.90 Å². The van der Waals surface area contributed by atoms with E-state index in [0.717, 1.165) is 50.9 Å². The largest absolute Gasteiger partial charge is 0.370 e. The third kappa shape index (κ3) is 6.40. The Kier molecular flexibility index (Phi) is 7.76. The van der Waals surface area contributed by atoms with Crippen LogP contribution in [-0.2, 0) is 4.79 Å². The summed E-state index contributed by atoms with van der Waals surface area (Å²) in [7, 11) is 0. The molecule has 5 heteroatoms. The third-order valence-corrected chi connectivity index (χ3v) is 4.90. The van der Waals surface area contributed by atoms with E-state index in [1.165, 1.54) is 5.56 Å². The molecule has 1 unspecified atom stereocenters. The van der Waals surface area contributed by atoms with Gasteiger partial charge in [0.05, 0.1) is 0 Å². The van der Waals surface area contributed by atoms with E-state index >= 15 is 0 Å². The van der Waals surface area contributed by atoms with Gasteiger partial charge in [0.1, 0.15) is 0 Å². The fraction of sp³-hybridized carbons (Fsp3) is 0.600. The second-order valence-corrected chi connectivity index (χ2v) is 6.87. The summed E-state index contributed by atoms with van der Waals surface area (Å²) >= 11 is 0. The van der Waals surface area contributed by atoms with Gasteiger partial charge in [0.15, 0.2) is 5.96 Å². The normalized spacial score (nSPS) is 17.3. The summed E-state index contributed by atoms with van der Waals surface area (Å²) in [5, 5.41) is 3.13. The number of nitrogens with zero attached hydrogens (tertiary/aromatic N) is 2. The molecule has 1 aromatic rings. The van der Waals surface area contributed by atoms with Crippen LogP contribution in [0.25, 0.3) is 0 Å². The third-order valence-electron chi connectivity index (χ3n) is 4.90. The molecule has 3 N–H and O–H groups in total. The molecule has 2 rings (SSSR count). The van der Waals surface area contributed by atoms with Gasteiger partial charge in [-0.2, -0.15) is 0 Å². The average molecular weight is 345 g/mol. The summed E-state index contributed by atoms with van der Waals surface area (Å²) in [6, 6.07) is 8.35. The fourth-order valence-corrected chi connectivity index (χ4v) is 3.05. The van der Waals surface area contributed by atoms with Crippen molar-refractivity contribution in [2.45, 2.75) is 58.3 Å². The van der Waals surface area contributed by atoms with Crippen molar-refractivity contribution in [2.24, 2.45) is 10.7 Å². The van der Waals surface area contributed by atoms with Crippen molar-refractivity contribution in [3.05, 3.63) is 29.8 Å². The highest BCUT2D eigenvalue weighted by Gasteiger charge is 2.15. The van der Waals surface area contributed by atoms with Crippen molar-refractivity contribution in [3.63, 3.8) is 0 Å². The van der Waals surface area contributed by atoms with Gasteiger partial charge in [-0.3, -0.25) is 9.79 Å². The Labute approximate surface area is 151 Å². The number of carbonyl (C=O) groups is 1. The number of anilines is 1. The van der Waals surface area contributed by atoms with E-state index in [0.29, 0.717) is 24.8 Å². The van der Waals surface area contributed by atoms with Crippen LogP contribution < -0.4 is 11.1 Å². The molecular weight excluding hydrogens is 312 g/mol. The molecule has 1 amide bonds. The molecule has 0 spiro atoms. The number of nitrogens with one attached hydrogen (secondary N) is 1. The van der Waals surface area contributed by atoms with E-state index in [-0.39, 0.29) is 5.91 Å². The number of benzene rings is 1. The van der Waals surface area contributed by atoms with Crippen molar-refractivity contribution < 1.29 is 4.79 Å². The molecule has 25 heavy (non-hydrogen) atoms. The second-order valence-electron chi connectivity index (χ2n) is 6.87. The summed E-state index contributed by atoms with van der Waals surface area (Å²) in [5.41, 5.74) is 8.25. The van der Waals surface area contributed by atoms with E-state index in [1.807, 2.05) is 17.0 Å². The highest BCUT2D eigenvalue weighted by atomic mass is 16.2. The fourth-order valence-electron chi connectivity index (χ4n) is 3.05. The van der Waals surface area contributed by atoms with Crippen molar-refractivity contribution in [2.75, 3.05) is 25.0 Å². The monoisotopic (exact) mass is 344 g/mol. The van der Waals surface area contributed by atoms with E-state index in [4.69, 9.17) is 5.73 Å². The highest BCUT2D eigenvalue weighted by molar-refractivity contribution is 5.92. The number of likely N-dealkylation sites (tertiary alicyclic amines) is 1. The first kappa shape index (κ1) is 19.3. The molecule has 1 atom stereocenters. The molecule has 1 aromatic carbocycles. The van der Waals surface area contributed by atoms with Gasteiger partial charge in [-0.15, -0.1) is 0 Å². The maximum absolute atomic E-state index is 11.9. The minimum absolute atomic E-state index is 0.286. The maximum Gasteiger partial charge on any atom is 0.222 e. The Bertz CT molecular complexity index is 568. The number of amides is 1. The Morgan fingerprint density at radius 2 is 2.04 bits per heavy atom. The molecule has 1 saturated heterocycles. The van der Waals surface area contributed by atoms with E-state index in [1.54, 1.807) is 0 Å². The minimum atomic E-state index is 0.286. The first-order chi connectivity index (χ1) is 12.1. The van der Waals surface area contributed by atoms with Gasteiger partial charge in [-0.25, -0.2) is 0 Å². The van der Waals surface area contributed by atoms with Crippen molar-refractivity contribution >= 4 is 17.6 Å². The maximum atomic E-state index is 11.9. The molecule has 1 heterocycles. The predicted molar refractivity (Wildman–Crippen MR) is 105 cm³/mol. The van der Waals surface area contributed by atoms with Gasteiger partial charge in [-0.05, 0) is 49.3 Å². The Morgan fingerprint density at radius 3 is 2.76 bits per heavy atom. The van der Waals surface area contributed by atoms with E-state index in [9.17, 15) is 4.79 Å². The Morgan fingerprint density at radius 1 is 1.28 bits per heavy atom. The summed E-state index contributed by atoms with van der Waals surface area (Å²) in [6.07, 6.45) is 5.98. The standard InChI is InChI=1S/C20H32N4O/c1-3-16(2)17-9-11-18(12-10-17)23-20(21)22-13-7-15-24-14-6-4-5-8-19(24)25/h9-12,16H,3-8,13-15H2,1-2H3,(H3,21,22,23). The molecule has 138 valence electrons. The van der Waals surface area contributed by atoms with Crippen LogP contribution in [0.2, 0.25) is 0 Å². The molecule has 0 aromatic heterocycles. The van der Waals surface area contributed by atoms with Gasteiger partial charge < -0.3 is 16.0 Å². The van der Waals surface area contributed by atoms with Crippen LogP contribution in [0.3, 0.4) is 0 Å². The highest BCUT2D eigenvalue weighted by Crippen LogP contribution is 2.20. The summed E-state index contributed by atoms with van der Waals surface area (Å²) in [4.78, 5) is 18.3. The molecular formula is C20H32N4O. The van der Waals surface area contributed by atoms with Gasteiger partial charge in [0.2, 0.25) is 5.91 Å². The number of aliphatic imine (C=N–C) groups is 1.